The van der Waals surface area contributed by atoms with Gasteiger partial charge in [-0.05, 0) is 24.3 Å². The van der Waals surface area contributed by atoms with Gasteiger partial charge >= 0.3 is 0 Å². The molecule has 19 heavy (non-hydrogen) atoms. The van der Waals surface area contributed by atoms with Crippen molar-refractivity contribution in [1.82, 2.24) is 0 Å². The van der Waals surface area contributed by atoms with Crippen LogP contribution < -0.4 is 10.5 Å². The molecule has 0 heterocycles. The molecule has 0 saturated heterocycles. The fraction of sp³-hybridized carbons (Fsp3) is 0.200. The average molecular weight is 278 g/mol. The number of methoxy groups -OCH3 is 1. The molecule has 3 nitrogen and oxygen atoms in total. The van der Waals surface area contributed by atoms with Crippen molar-refractivity contribution < 1.29 is 9.47 Å². The largest absolute Gasteiger partial charge is 0.491 e. The molecule has 0 fully saturated rings. The van der Waals surface area contributed by atoms with Crippen LogP contribution in [0, 0.1) is 0 Å². The van der Waals surface area contributed by atoms with Crippen LogP contribution >= 0.6 is 11.6 Å². The molecule has 4 heteroatoms. The summed E-state index contributed by atoms with van der Waals surface area (Å²) in [5, 5.41) is 0.649. The van der Waals surface area contributed by atoms with E-state index in [0.717, 1.165) is 16.9 Å². The molecule has 0 radical (unpaired) electrons. The molecule has 0 aromatic heterocycles. The van der Waals surface area contributed by atoms with E-state index in [1.807, 2.05) is 30.3 Å². The molecule has 2 rings (SSSR count). The van der Waals surface area contributed by atoms with Crippen LogP contribution in [0.1, 0.15) is 0 Å². The number of hydrogen-bond acceptors (Lipinski definition) is 3. The summed E-state index contributed by atoms with van der Waals surface area (Å²) in [4.78, 5) is 0. The summed E-state index contributed by atoms with van der Waals surface area (Å²) in [6.07, 6.45) is 0. The molecule has 2 N–H and O–H groups in total. The lowest BCUT2D eigenvalue weighted by Crippen LogP contribution is -2.05. The molecule has 2 aromatic rings. The highest BCUT2D eigenvalue weighted by molar-refractivity contribution is 6.31. The lowest BCUT2D eigenvalue weighted by Gasteiger charge is -2.13. The first-order chi connectivity index (χ1) is 9.22. The van der Waals surface area contributed by atoms with Gasteiger partial charge in [0.1, 0.15) is 12.4 Å². The van der Waals surface area contributed by atoms with Crippen LogP contribution in [-0.2, 0) is 4.74 Å². The van der Waals surface area contributed by atoms with Gasteiger partial charge in [-0.3, -0.25) is 0 Å². The molecule has 0 unspecified atom stereocenters. The Morgan fingerprint density at radius 1 is 1.05 bits per heavy atom. The SMILES string of the molecule is COCCOc1ccccc1-c1cc(Cl)ccc1N. The maximum atomic E-state index is 6.03. The number of benzene rings is 2. The van der Waals surface area contributed by atoms with Crippen molar-refractivity contribution in [2.24, 2.45) is 0 Å². The minimum absolute atomic E-state index is 0.494. The zero-order valence-corrected chi connectivity index (χ0v) is 11.5. The molecular weight excluding hydrogens is 262 g/mol. The summed E-state index contributed by atoms with van der Waals surface area (Å²) in [5.41, 5.74) is 8.48. The first kappa shape index (κ1) is 13.7. The van der Waals surface area contributed by atoms with E-state index in [1.54, 1.807) is 19.2 Å². The third-order valence-corrected chi connectivity index (χ3v) is 2.97. The summed E-state index contributed by atoms with van der Waals surface area (Å²) >= 11 is 6.03. The molecule has 0 atom stereocenters. The number of rotatable bonds is 5. The van der Waals surface area contributed by atoms with Crippen LogP contribution in [0.2, 0.25) is 5.02 Å². The average Bonchev–Trinajstić information content (AvgIpc) is 2.42. The number of ether oxygens (including phenoxy) is 2. The summed E-state index contributed by atoms with van der Waals surface area (Å²) in [6, 6.07) is 13.1. The lowest BCUT2D eigenvalue weighted by atomic mass is 10.0. The topological polar surface area (TPSA) is 44.5 Å². The highest BCUT2D eigenvalue weighted by Gasteiger charge is 2.09. The Labute approximate surface area is 117 Å². The van der Waals surface area contributed by atoms with E-state index >= 15 is 0 Å². The predicted octanol–water partition coefficient (Wildman–Crippen LogP) is 3.61. The van der Waals surface area contributed by atoms with Crippen molar-refractivity contribution >= 4 is 17.3 Å². The van der Waals surface area contributed by atoms with Crippen LogP contribution in [0.25, 0.3) is 11.1 Å². The van der Waals surface area contributed by atoms with Gasteiger partial charge in [0.05, 0.1) is 6.61 Å². The van der Waals surface area contributed by atoms with Crippen LogP contribution in [0.5, 0.6) is 5.75 Å². The molecule has 0 aliphatic heterocycles. The zero-order valence-electron chi connectivity index (χ0n) is 10.7. The maximum absolute atomic E-state index is 6.03. The van der Waals surface area contributed by atoms with E-state index in [0.29, 0.717) is 23.9 Å². The number of anilines is 1. The monoisotopic (exact) mass is 277 g/mol. The van der Waals surface area contributed by atoms with Crippen molar-refractivity contribution in [3.63, 3.8) is 0 Å². The Morgan fingerprint density at radius 3 is 2.63 bits per heavy atom. The van der Waals surface area contributed by atoms with Gasteiger partial charge in [-0.2, -0.15) is 0 Å². The third kappa shape index (κ3) is 3.40. The fourth-order valence-electron chi connectivity index (χ4n) is 1.81. The van der Waals surface area contributed by atoms with E-state index in [9.17, 15) is 0 Å². The first-order valence-corrected chi connectivity index (χ1v) is 6.36. The zero-order chi connectivity index (χ0) is 13.7. The number of hydrogen-bond donors (Lipinski definition) is 1. The van der Waals surface area contributed by atoms with E-state index < -0.39 is 0 Å². The number of nitrogen functional groups attached to an aromatic ring is 1. The Balaban J connectivity index is 2.35. The van der Waals surface area contributed by atoms with Gasteiger partial charge in [0.15, 0.2) is 0 Å². The minimum atomic E-state index is 0.494. The van der Waals surface area contributed by atoms with Crippen molar-refractivity contribution in [2.75, 3.05) is 26.1 Å². The van der Waals surface area contributed by atoms with Gasteiger partial charge in [0, 0.05) is 28.9 Å². The second-order valence-electron chi connectivity index (χ2n) is 4.07. The first-order valence-electron chi connectivity index (χ1n) is 5.98. The van der Waals surface area contributed by atoms with E-state index in [2.05, 4.69) is 0 Å². The van der Waals surface area contributed by atoms with Crippen LogP contribution in [0.3, 0.4) is 0 Å². The Hall–Kier alpha value is -1.71. The van der Waals surface area contributed by atoms with E-state index in [1.165, 1.54) is 0 Å². The molecular formula is C15H16ClNO2. The molecule has 0 bridgehead atoms. The van der Waals surface area contributed by atoms with Crippen molar-refractivity contribution in [1.29, 1.82) is 0 Å². The Kier molecular flexibility index (Phi) is 4.66. The predicted molar refractivity (Wildman–Crippen MR) is 78.7 cm³/mol. The van der Waals surface area contributed by atoms with Gasteiger partial charge in [-0.1, -0.05) is 29.8 Å². The molecule has 0 aliphatic carbocycles. The normalized spacial score (nSPS) is 10.4. The highest BCUT2D eigenvalue weighted by atomic mass is 35.5. The molecule has 2 aromatic carbocycles. The second-order valence-corrected chi connectivity index (χ2v) is 4.51. The Bertz CT molecular complexity index is 558. The van der Waals surface area contributed by atoms with E-state index in [-0.39, 0.29) is 0 Å². The van der Waals surface area contributed by atoms with E-state index in [4.69, 9.17) is 26.8 Å². The van der Waals surface area contributed by atoms with Gasteiger partial charge in [0.25, 0.3) is 0 Å². The van der Waals surface area contributed by atoms with Crippen LogP contribution in [0.15, 0.2) is 42.5 Å². The minimum Gasteiger partial charge on any atom is -0.491 e. The summed E-state index contributed by atoms with van der Waals surface area (Å²) in [5.74, 6) is 0.772. The van der Waals surface area contributed by atoms with Gasteiger partial charge in [0.2, 0.25) is 0 Å². The standard InChI is InChI=1S/C15H16ClNO2/c1-18-8-9-19-15-5-3-2-4-12(15)13-10-11(16)6-7-14(13)17/h2-7,10H,8-9,17H2,1H3. The second kappa shape index (κ2) is 6.45. The van der Waals surface area contributed by atoms with Crippen molar-refractivity contribution in [3.05, 3.63) is 47.5 Å². The van der Waals surface area contributed by atoms with Gasteiger partial charge < -0.3 is 15.2 Å². The summed E-state index contributed by atoms with van der Waals surface area (Å²) in [6.45, 7) is 1.04. The van der Waals surface area contributed by atoms with Crippen molar-refractivity contribution in [2.45, 2.75) is 0 Å². The molecule has 0 saturated carbocycles. The summed E-state index contributed by atoms with van der Waals surface area (Å²) < 4.78 is 10.7. The third-order valence-electron chi connectivity index (χ3n) is 2.74. The lowest BCUT2D eigenvalue weighted by molar-refractivity contribution is 0.146. The smallest absolute Gasteiger partial charge is 0.127 e. The van der Waals surface area contributed by atoms with Crippen molar-refractivity contribution in [3.8, 4) is 16.9 Å². The number of nitrogens with two attached hydrogens (primary N) is 1. The van der Waals surface area contributed by atoms with Crippen LogP contribution in [-0.4, -0.2) is 20.3 Å². The summed E-state index contributed by atoms with van der Waals surface area (Å²) in [7, 11) is 1.64. The molecule has 0 amide bonds. The van der Waals surface area contributed by atoms with Crippen LogP contribution in [0.4, 0.5) is 5.69 Å². The number of para-hydroxylation sites is 1. The molecule has 100 valence electrons. The Morgan fingerprint density at radius 2 is 1.84 bits per heavy atom. The maximum Gasteiger partial charge on any atom is 0.127 e. The van der Waals surface area contributed by atoms with Gasteiger partial charge in [-0.15, -0.1) is 0 Å². The fourth-order valence-corrected chi connectivity index (χ4v) is 1.98. The van der Waals surface area contributed by atoms with Gasteiger partial charge in [-0.25, -0.2) is 0 Å². The quantitative estimate of drug-likeness (QED) is 0.671. The highest BCUT2D eigenvalue weighted by Crippen LogP contribution is 2.35. The number of halogens is 1. The molecule has 0 aliphatic rings. The molecule has 0 spiro atoms.